The van der Waals surface area contributed by atoms with Crippen molar-refractivity contribution in [3.8, 4) is 0 Å². The molecule has 5 nitrogen and oxygen atoms in total. The number of rotatable bonds is 7. The van der Waals surface area contributed by atoms with Crippen LogP contribution in [0.1, 0.15) is 20.3 Å². The van der Waals surface area contributed by atoms with Crippen LogP contribution < -0.4 is 0 Å². The highest BCUT2D eigenvalue weighted by atomic mass is 32.2. The lowest BCUT2D eigenvalue weighted by molar-refractivity contribution is -0.145. The van der Waals surface area contributed by atoms with Crippen LogP contribution in [0, 0.1) is 0 Å². The van der Waals surface area contributed by atoms with Crippen LogP contribution >= 0.6 is 0 Å². The van der Waals surface area contributed by atoms with Gasteiger partial charge >= 0.3 is 5.97 Å². The molecule has 0 saturated carbocycles. The van der Waals surface area contributed by atoms with Crippen LogP contribution in [-0.2, 0) is 20.3 Å². The first-order valence-electron chi connectivity index (χ1n) is 4.83. The van der Waals surface area contributed by atoms with E-state index in [4.69, 9.17) is 14.9 Å². The molecule has 2 N–H and O–H groups in total. The number of hydrogen-bond donors (Lipinski definition) is 2. The van der Waals surface area contributed by atoms with Crippen molar-refractivity contribution >= 4 is 16.8 Å². The molecule has 3 unspecified atom stereocenters. The predicted molar refractivity (Wildman–Crippen MR) is 56.8 cm³/mol. The van der Waals surface area contributed by atoms with Gasteiger partial charge in [0.1, 0.15) is 5.75 Å². The molecule has 15 heavy (non-hydrogen) atoms. The molecule has 0 aromatic heterocycles. The van der Waals surface area contributed by atoms with Gasteiger partial charge in [0.05, 0.1) is 24.6 Å². The number of hydrogen-bond acceptors (Lipinski definition) is 5. The maximum absolute atomic E-state index is 11.2. The molecule has 0 aliphatic carbocycles. The van der Waals surface area contributed by atoms with Crippen molar-refractivity contribution in [3.05, 3.63) is 0 Å². The van der Waals surface area contributed by atoms with Gasteiger partial charge in [-0.2, -0.15) is 0 Å². The van der Waals surface area contributed by atoms with Crippen LogP contribution in [0.3, 0.4) is 0 Å². The minimum Gasteiger partial charge on any atom is -0.462 e. The fraction of sp³-hybridized carbons (Fsp3) is 0.889. The lowest BCUT2D eigenvalue weighted by Crippen LogP contribution is -2.26. The van der Waals surface area contributed by atoms with Crippen molar-refractivity contribution in [2.24, 2.45) is 0 Å². The highest BCUT2D eigenvalue weighted by Crippen LogP contribution is 1.98. The second-order valence-electron chi connectivity index (χ2n) is 3.30. The van der Waals surface area contributed by atoms with E-state index in [0.29, 0.717) is 6.42 Å². The first-order chi connectivity index (χ1) is 6.99. The first kappa shape index (κ1) is 14.5. The second-order valence-corrected chi connectivity index (χ2v) is 4.80. The molecule has 0 aliphatic rings. The van der Waals surface area contributed by atoms with E-state index in [1.807, 2.05) is 6.92 Å². The van der Waals surface area contributed by atoms with Crippen LogP contribution in [0.15, 0.2) is 0 Å². The molecule has 0 fully saturated rings. The zero-order valence-electron chi connectivity index (χ0n) is 9.01. The van der Waals surface area contributed by atoms with Gasteiger partial charge in [0.2, 0.25) is 0 Å². The van der Waals surface area contributed by atoms with Crippen molar-refractivity contribution in [3.63, 3.8) is 0 Å². The summed E-state index contributed by atoms with van der Waals surface area (Å²) in [5, 5.41) is 17.5. The Balaban J connectivity index is 3.81. The fourth-order valence-corrected chi connectivity index (χ4v) is 1.78. The molecule has 90 valence electrons. The minimum absolute atomic E-state index is 0.105. The maximum atomic E-state index is 11.2. The number of aliphatic hydroxyl groups is 2. The molecule has 0 rings (SSSR count). The normalized spacial score (nSPS) is 16.8. The van der Waals surface area contributed by atoms with Crippen molar-refractivity contribution in [2.75, 3.05) is 18.1 Å². The molecule has 0 saturated heterocycles. The Hall–Kier alpha value is -0.460. The predicted octanol–water partition coefficient (Wildman–Crippen LogP) is -0.570. The van der Waals surface area contributed by atoms with E-state index < -0.39 is 29.5 Å². The van der Waals surface area contributed by atoms with Crippen molar-refractivity contribution in [2.45, 2.75) is 32.5 Å². The number of carbonyl (C=O) groups excluding carboxylic acids is 1. The van der Waals surface area contributed by atoms with Gasteiger partial charge in [0.25, 0.3) is 0 Å². The standard InChI is InChI=1S/C9H18O5S/c1-3-7(2)14-9(12)6-15(13)5-8(11)4-10/h7-8,10-11H,3-6H2,1-2H3. The Morgan fingerprint density at radius 3 is 2.60 bits per heavy atom. The van der Waals surface area contributed by atoms with Crippen molar-refractivity contribution < 1.29 is 24.0 Å². The third-order valence-electron chi connectivity index (χ3n) is 1.78. The Morgan fingerprint density at radius 1 is 1.53 bits per heavy atom. The van der Waals surface area contributed by atoms with E-state index in [1.165, 1.54) is 0 Å². The van der Waals surface area contributed by atoms with Crippen LogP contribution in [0.5, 0.6) is 0 Å². The topological polar surface area (TPSA) is 83.8 Å². The lowest BCUT2D eigenvalue weighted by Gasteiger charge is -2.11. The molecule has 0 spiro atoms. The minimum atomic E-state index is -1.48. The van der Waals surface area contributed by atoms with Crippen molar-refractivity contribution in [1.82, 2.24) is 0 Å². The Kier molecular flexibility index (Phi) is 7.54. The van der Waals surface area contributed by atoms with Gasteiger partial charge in [-0.3, -0.25) is 9.00 Å². The molecule has 0 aliphatic heterocycles. The summed E-state index contributed by atoms with van der Waals surface area (Å²) in [7, 11) is -1.48. The SMILES string of the molecule is CCC(C)OC(=O)CS(=O)CC(O)CO. The molecule has 6 heteroatoms. The zero-order valence-corrected chi connectivity index (χ0v) is 9.83. The summed E-state index contributed by atoms with van der Waals surface area (Å²) in [5.74, 6) is -0.874. The van der Waals surface area contributed by atoms with Gasteiger partial charge in [0.15, 0.2) is 0 Å². The molecule has 0 heterocycles. The highest BCUT2D eigenvalue weighted by molar-refractivity contribution is 7.85. The highest BCUT2D eigenvalue weighted by Gasteiger charge is 2.14. The summed E-state index contributed by atoms with van der Waals surface area (Å²) < 4.78 is 16.1. The van der Waals surface area contributed by atoms with E-state index in [0.717, 1.165) is 0 Å². The zero-order chi connectivity index (χ0) is 11.8. The summed E-state index contributed by atoms with van der Waals surface area (Å²) in [6, 6.07) is 0. The van der Waals surface area contributed by atoms with Crippen LogP contribution in [0.4, 0.5) is 0 Å². The average molecular weight is 238 g/mol. The van der Waals surface area contributed by atoms with Crippen molar-refractivity contribution in [1.29, 1.82) is 0 Å². The average Bonchev–Trinajstić information content (AvgIpc) is 2.16. The second kappa shape index (κ2) is 7.78. The summed E-state index contributed by atoms with van der Waals surface area (Å²) in [6.07, 6.45) is -0.517. The lowest BCUT2D eigenvalue weighted by atomic mass is 10.3. The Morgan fingerprint density at radius 2 is 2.13 bits per heavy atom. The Bertz CT molecular complexity index is 197. The van der Waals surface area contributed by atoms with Gasteiger partial charge in [-0.15, -0.1) is 0 Å². The molecular weight excluding hydrogens is 220 g/mol. The number of carbonyl (C=O) groups is 1. The van der Waals surface area contributed by atoms with Gasteiger partial charge < -0.3 is 14.9 Å². The molecule has 0 radical (unpaired) electrons. The molecule has 0 amide bonds. The third-order valence-corrected chi connectivity index (χ3v) is 3.09. The summed E-state index contributed by atoms with van der Waals surface area (Å²) in [5.41, 5.74) is 0. The van der Waals surface area contributed by atoms with Gasteiger partial charge in [-0.05, 0) is 13.3 Å². The van der Waals surface area contributed by atoms with Crippen LogP contribution in [0.25, 0.3) is 0 Å². The first-order valence-corrected chi connectivity index (χ1v) is 6.31. The van der Waals surface area contributed by atoms with Crippen LogP contribution in [-0.4, -0.2) is 50.7 Å². The summed E-state index contributed by atoms with van der Waals surface area (Å²) in [4.78, 5) is 11.1. The maximum Gasteiger partial charge on any atom is 0.318 e. The molecule has 0 aromatic rings. The quantitative estimate of drug-likeness (QED) is 0.580. The molecule has 0 bridgehead atoms. The third kappa shape index (κ3) is 7.47. The van der Waals surface area contributed by atoms with E-state index in [2.05, 4.69) is 0 Å². The van der Waals surface area contributed by atoms with Crippen LogP contribution in [0.2, 0.25) is 0 Å². The smallest absolute Gasteiger partial charge is 0.318 e. The fourth-order valence-electron chi connectivity index (χ4n) is 0.799. The molecular formula is C9H18O5S. The van der Waals surface area contributed by atoms with Gasteiger partial charge in [-0.1, -0.05) is 6.92 Å². The van der Waals surface area contributed by atoms with Gasteiger partial charge in [0, 0.05) is 10.8 Å². The largest absolute Gasteiger partial charge is 0.462 e. The van der Waals surface area contributed by atoms with E-state index in [-0.39, 0.29) is 17.6 Å². The summed E-state index contributed by atoms with van der Waals surface area (Å²) >= 11 is 0. The van der Waals surface area contributed by atoms with E-state index in [9.17, 15) is 9.00 Å². The van der Waals surface area contributed by atoms with E-state index in [1.54, 1.807) is 6.92 Å². The summed E-state index contributed by atoms with van der Waals surface area (Å²) in [6.45, 7) is 3.18. The monoisotopic (exact) mass is 238 g/mol. The number of aliphatic hydroxyl groups excluding tert-OH is 2. The molecule has 0 aromatic carbocycles. The Labute approximate surface area is 91.9 Å². The molecule has 3 atom stereocenters. The number of ether oxygens (including phenoxy) is 1. The number of esters is 1. The van der Waals surface area contributed by atoms with Gasteiger partial charge in [-0.25, -0.2) is 0 Å². The van der Waals surface area contributed by atoms with E-state index >= 15 is 0 Å².